The minimum absolute atomic E-state index is 0.0839. The van der Waals surface area contributed by atoms with Crippen molar-refractivity contribution >= 4 is 5.97 Å². The Balaban J connectivity index is 2.32. The average molecular weight is 250 g/mol. The molecule has 0 spiro atoms. The normalized spacial score (nSPS) is 10.4. The second kappa shape index (κ2) is 4.95. The molecule has 0 amide bonds. The fourth-order valence-electron chi connectivity index (χ4n) is 1.48. The van der Waals surface area contributed by atoms with Gasteiger partial charge in [0, 0.05) is 5.56 Å². The van der Waals surface area contributed by atoms with Crippen molar-refractivity contribution in [2.45, 2.75) is 13.8 Å². The van der Waals surface area contributed by atoms with Gasteiger partial charge in [-0.1, -0.05) is 0 Å². The molecule has 2 rings (SSSR count). The zero-order chi connectivity index (χ0) is 13.1. The number of halogens is 1. The Hall–Kier alpha value is -2.24. The summed E-state index contributed by atoms with van der Waals surface area (Å²) in [5.41, 5.74) is 1.15. The highest BCUT2D eigenvalue weighted by atomic mass is 19.1. The SMILES string of the molecule is CCOC(=O)c1nnc(-c2cc(C)cc(F)c2)o1. The molecule has 5 nitrogen and oxygen atoms in total. The van der Waals surface area contributed by atoms with Gasteiger partial charge >= 0.3 is 11.9 Å². The molecule has 18 heavy (non-hydrogen) atoms. The van der Waals surface area contributed by atoms with Gasteiger partial charge in [-0.3, -0.25) is 0 Å². The molecule has 0 aliphatic rings. The number of hydrogen-bond acceptors (Lipinski definition) is 5. The van der Waals surface area contributed by atoms with E-state index in [0.29, 0.717) is 5.56 Å². The van der Waals surface area contributed by atoms with E-state index in [1.54, 1.807) is 19.9 Å². The van der Waals surface area contributed by atoms with Crippen LogP contribution in [0.1, 0.15) is 23.2 Å². The predicted octanol–water partition coefficient (Wildman–Crippen LogP) is 2.36. The summed E-state index contributed by atoms with van der Waals surface area (Å²) >= 11 is 0. The number of ether oxygens (including phenoxy) is 1. The van der Waals surface area contributed by atoms with E-state index < -0.39 is 11.8 Å². The maximum Gasteiger partial charge on any atom is 0.396 e. The summed E-state index contributed by atoms with van der Waals surface area (Å²) in [7, 11) is 0. The molecule has 94 valence electrons. The highest BCUT2D eigenvalue weighted by Crippen LogP contribution is 2.20. The molecule has 0 fully saturated rings. The largest absolute Gasteiger partial charge is 0.459 e. The lowest BCUT2D eigenvalue weighted by atomic mass is 10.1. The van der Waals surface area contributed by atoms with E-state index >= 15 is 0 Å². The number of carbonyl (C=O) groups excluding carboxylic acids is 1. The maximum atomic E-state index is 13.2. The third-order valence-electron chi connectivity index (χ3n) is 2.16. The number of aromatic nitrogens is 2. The van der Waals surface area contributed by atoms with Crippen molar-refractivity contribution in [3.8, 4) is 11.5 Å². The molecule has 0 saturated carbocycles. The van der Waals surface area contributed by atoms with E-state index in [0.717, 1.165) is 5.56 Å². The first-order valence-corrected chi connectivity index (χ1v) is 5.38. The summed E-state index contributed by atoms with van der Waals surface area (Å²) in [6.45, 7) is 3.63. The fraction of sp³-hybridized carbons (Fsp3) is 0.250. The highest BCUT2D eigenvalue weighted by molar-refractivity contribution is 5.84. The maximum absolute atomic E-state index is 13.2. The number of nitrogens with zero attached hydrogens (tertiary/aromatic N) is 2. The van der Waals surface area contributed by atoms with Crippen molar-refractivity contribution in [1.29, 1.82) is 0 Å². The van der Waals surface area contributed by atoms with Crippen LogP contribution in [0.2, 0.25) is 0 Å². The summed E-state index contributed by atoms with van der Waals surface area (Å²) in [6, 6.07) is 4.33. The topological polar surface area (TPSA) is 65.2 Å². The third kappa shape index (κ3) is 2.53. The van der Waals surface area contributed by atoms with Crippen LogP contribution in [0.3, 0.4) is 0 Å². The van der Waals surface area contributed by atoms with Gasteiger partial charge in [0.25, 0.3) is 0 Å². The molecule has 0 radical (unpaired) electrons. The minimum atomic E-state index is -0.690. The predicted molar refractivity (Wildman–Crippen MR) is 60.4 cm³/mol. The van der Waals surface area contributed by atoms with E-state index in [2.05, 4.69) is 10.2 Å². The number of carbonyl (C=O) groups is 1. The fourth-order valence-corrected chi connectivity index (χ4v) is 1.48. The van der Waals surface area contributed by atoms with Gasteiger partial charge in [-0.25, -0.2) is 9.18 Å². The molecule has 1 aromatic carbocycles. The van der Waals surface area contributed by atoms with Crippen LogP contribution < -0.4 is 0 Å². The average Bonchev–Trinajstić information content (AvgIpc) is 2.77. The molecule has 0 saturated heterocycles. The van der Waals surface area contributed by atoms with Gasteiger partial charge in [-0.2, -0.15) is 0 Å². The Morgan fingerprint density at radius 2 is 2.17 bits per heavy atom. The first-order chi connectivity index (χ1) is 8.60. The second-order valence-corrected chi connectivity index (χ2v) is 3.65. The summed E-state index contributed by atoms with van der Waals surface area (Å²) in [4.78, 5) is 11.3. The van der Waals surface area contributed by atoms with Crippen LogP contribution in [0.5, 0.6) is 0 Å². The number of benzene rings is 1. The Morgan fingerprint density at radius 3 is 2.83 bits per heavy atom. The third-order valence-corrected chi connectivity index (χ3v) is 2.16. The molecule has 0 bridgehead atoms. The Kier molecular flexibility index (Phi) is 3.36. The van der Waals surface area contributed by atoms with Crippen LogP contribution in [0.15, 0.2) is 22.6 Å². The van der Waals surface area contributed by atoms with Gasteiger partial charge < -0.3 is 9.15 Å². The van der Waals surface area contributed by atoms with Crippen molar-refractivity contribution in [3.05, 3.63) is 35.5 Å². The molecule has 0 aliphatic heterocycles. The lowest BCUT2D eigenvalue weighted by molar-refractivity contribution is 0.0481. The van der Waals surface area contributed by atoms with Crippen molar-refractivity contribution in [1.82, 2.24) is 10.2 Å². The number of esters is 1. The van der Waals surface area contributed by atoms with Gasteiger partial charge in [0.2, 0.25) is 5.89 Å². The van der Waals surface area contributed by atoms with Gasteiger partial charge in [0.15, 0.2) is 0 Å². The molecule has 0 N–H and O–H groups in total. The van der Waals surface area contributed by atoms with Crippen molar-refractivity contribution < 1.29 is 18.3 Å². The van der Waals surface area contributed by atoms with E-state index in [4.69, 9.17) is 9.15 Å². The van der Waals surface area contributed by atoms with Crippen molar-refractivity contribution in [2.24, 2.45) is 0 Å². The molecule has 1 heterocycles. The van der Waals surface area contributed by atoms with Gasteiger partial charge in [-0.05, 0) is 37.6 Å². The molecule has 0 unspecified atom stereocenters. The summed E-state index contributed by atoms with van der Waals surface area (Å²) in [5, 5.41) is 7.24. The molecule has 2 aromatic rings. The van der Waals surface area contributed by atoms with Crippen LogP contribution in [0.25, 0.3) is 11.5 Å². The Morgan fingerprint density at radius 1 is 1.39 bits per heavy atom. The monoisotopic (exact) mass is 250 g/mol. The van der Waals surface area contributed by atoms with Crippen molar-refractivity contribution in [2.75, 3.05) is 6.61 Å². The standard InChI is InChI=1S/C12H11FN2O3/c1-3-17-12(16)11-15-14-10(18-11)8-4-7(2)5-9(13)6-8/h4-6H,3H2,1-2H3. The molecule has 0 aliphatic carbocycles. The van der Waals surface area contributed by atoms with Crippen LogP contribution >= 0.6 is 0 Å². The highest BCUT2D eigenvalue weighted by Gasteiger charge is 2.17. The number of rotatable bonds is 3. The van der Waals surface area contributed by atoms with Crippen LogP contribution in [0, 0.1) is 12.7 Å². The zero-order valence-corrected chi connectivity index (χ0v) is 9.94. The Bertz CT molecular complexity index is 560. The lowest BCUT2D eigenvalue weighted by Crippen LogP contribution is -2.04. The lowest BCUT2D eigenvalue weighted by Gasteiger charge is -1.98. The summed E-state index contributed by atoms with van der Waals surface area (Å²) in [6.07, 6.45) is 0. The molecular weight excluding hydrogens is 239 g/mol. The summed E-state index contributed by atoms with van der Waals surface area (Å²) in [5.74, 6) is -1.25. The van der Waals surface area contributed by atoms with Crippen LogP contribution in [-0.4, -0.2) is 22.8 Å². The van der Waals surface area contributed by atoms with Gasteiger partial charge in [0.05, 0.1) is 6.61 Å². The summed E-state index contributed by atoms with van der Waals surface area (Å²) < 4.78 is 23.1. The minimum Gasteiger partial charge on any atom is -0.459 e. The van der Waals surface area contributed by atoms with E-state index in [1.165, 1.54) is 12.1 Å². The van der Waals surface area contributed by atoms with Crippen molar-refractivity contribution in [3.63, 3.8) is 0 Å². The Labute approximate surface area is 103 Å². The van der Waals surface area contributed by atoms with Gasteiger partial charge in [-0.15, -0.1) is 10.2 Å². The van der Waals surface area contributed by atoms with Crippen LogP contribution in [0.4, 0.5) is 4.39 Å². The van der Waals surface area contributed by atoms with E-state index in [1.807, 2.05) is 0 Å². The smallest absolute Gasteiger partial charge is 0.396 e. The molecule has 6 heteroatoms. The first kappa shape index (κ1) is 12.2. The number of aryl methyl sites for hydroxylation is 1. The van der Waals surface area contributed by atoms with Gasteiger partial charge in [0.1, 0.15) is 5.82 Å². The second-order valence-electron chi connectivity index (χ2n) is 3.65. The van der Waals surface area contributed by atoms with E-state index in [9.17, 15) is 9.18 Å². The zero-order valence-electron chi connectivity index (χ0n) is 9.94. The molecule has 1 aromatic heterocycles. The number of hydrogen-bond donors (Lipinski definition) is 0. The molecular formula is C12H11FN2O3. The first-order valence-electron chi connectivity index (χ1n) is 5.38. The molecule has 0 atom stereocenters. The van der Waals surface area contributed by atoms with E-state index in [-0.39, 0.29) is 18.4 Å². The quantitative estimate of drug-likeness (QED) is 0.782. The van der Waals surface area contributed by atoms with Crippen LogP contribution in [-0.2, 0) is 4.74 Å².